The molecule has 3 aliphatic carbocycles. The van der Waals surface area contributed by atoms with Gasteiger partial charge >= 0.3 is 0 Å². The molecule has 0 saturated heterocycles. The molecule has 29 heavy (non-hydrogen) atoms. The third kappa shape index (κ3) is 1.94. The number of benzene rings is 1. The van der Waals surface area contributed by atoms with E-state index in [1.54, 1.807) is 20.4 Å². The summed E-state index contributed by atoms with van der Waals surface area (Å²) in [5.41, 5.74) is -0.914. The second-order valence-corrected chi connectivity index (χ2v) is 13.2. The zero-order chi connectivity index (χ0) is 20.8. The van der Waals surface area contributed by atoms with Crippen molar-refractivity contribution in [1.29, 1.82) is 0 Å². The van der Waals surface area contributed by atoms with E-state index >= 15 is 0 Å². The number of fused-ring (bicyclic) bond motifs is 2. The highest BCUT2D eigenvalue weighted by Crippen LogP contribution is 2.79. The summed E-state index contributed by atoms with van der Waals surface area (Å²) in [7, 11) is 1.30. The number of allylic oxidation sites excluding steroid dienone is 1. The molecule has 3 unspecified atom stereocenters. The predicted molar refractivity (Wildman–Crippen MR) is 110 cm³/mol. The summed E-state index contributed by atoms with van der Waals surface area (Å²) in [5, 5.41) is 14.2. The normalized spacial score (nSPS) is 28.4. The maximum Gasteiger partial charge on any atom is 0.285 e. The van der Waals surface area contributed by atoms with Gasteiger partial charge in [-0.3, -0.25) is 15.1 Å². The van der Waals surface area contributed by atoms with Gasteiger partial charge < -0.3 is 13.9 Å². The number of nitrogens with zero attached hydrogens (tertiary/aromatic N) is 2. The lowest BCUT2D eigenvalue weighted by Crippen LogP contribution is -2.26. The van der Waals surface area contributed by atoms with Crippen molar-refractivity contribution in [3.8, 4) is 11.5 Å². The molecular weight excluding hydrogens is 388 g/mol. The Morgan fingerprint density at radius 1 is 1.24 bits per heavy atom. The van der Waals surface area contributed by atoms with Crippen molar-refractivity contribution >= 4 is 19.1 Å². The van der Waals surface area contributed by atoms with Gasteiger partial charge in [0.1, 0.15) is 11.1 Å². The first kappa shape index (κ1) is 18.2. The number of ether oxygens (including phenoxy) is 2. The van der Waals surface area contributed by atoms with Crippen LogP contribution in [-0.2, 0) is 15.4 Å². The Balaban J connectivity index is 1.81. The molecule has 2 aromatic rings. The molecule has 3 aliphatic rings. The highest BCUT2D eigenvalue weighted by Gasteiger charge is 2.91. The Hall–Kier alpha value is -2.87. The zero-order valence-corrected chi connectivity index (χ0v) is 18.0. The van der Waals surface area contributed by atoms with E-state index in [-0.39, 0.29) is 10.8 Å². The minimum absolute atomic E-state index is 0.177. The Bertz CT molecular complexity index is 1150. The highest BCUT2D eigenvalue weighted by molar-refractivity contribution is 6.70. The third-order valence-corrected chi connectivity index (χ3v) is 7.06. The Morgan fingerprint density at radius 2 is 2.00 bits per heavy atom. The highest BCUT2D eigenvalue weighted by atomic mass is 28.4. The molecule has 0 bridgehead atoms. The monoisotopic (exact) mass is 410 g/mol. The third-order valence-electron chi connectivity index (χ3n) is 6.21. The summed E-state index contributed by atoms with van der Waals surface area (Å²) in [6.07, 6.45) is 7.34. The van der Waals surface area contributed by atoms with Gasteiger partial charge in [0, 0.05) is 22.1 Å². The van der Waals surface area contributed by atoms with E-state index in [9.17, 15) is 10.1 Å². The number of rotatable bonds is 5. The quantitative estimate of drug-likeness (QED) is 0.422. The molecule has 1 fully saturated rings. The molecule has 1 spiro atoms. The molecule has 7 nitrogen and oxygen atoms in total. The van der Waals surface area contributed by atoms with Crippen LogP contribution in [0.1, 0.15) is 11.3 Å². The van der Waals surface area contributed by atoms with Crippen molar-refractivity contribution in [2.24, 2.45) is 5.92 Å². The maximum atomic E-state index is 12.6. The van der Waals surface area contributed by atoms with Crippen LogP contribution in [0, 0.1) is 16.0 Å². The number of aromatic nitrogens is 1. The summed E-state index contributed by atoms with van der Waals surface area (Å²) in [4.78, 5) is 16.9. The Morgan fingerprint density at radius 3 is 2.62 bits per heavy atom. The number of pyridine rings is 1. The van der Waals surface area contributed by atoms with E-state index in [0.29, 0.717) is 23.0 Å². The standard InChI is InChI=1S/C21H22N2O5Si/c1-26-14-10-12-7-9-22-19-16(12)17(18(14)27-2)20-8-6-13(28-29(3,4)5)11-15(20)21(19,20)23(24)25/h6-11,15H,1-5H3. The van der Waals surface area contributed by atoms with E-state index in [0.717, 1.165) is 16.3 Å². The summed E-state index contributed by atoms with van der Waals surface area (Å²) in [5.74, 6) is 1.42. The lowest BCUT2D eigenvalue weighted by Gasteiger charge is -2.23. The molecule has 1 saturated carbocycles. The smallest absolute Gasteiger partial charge is 0.285 e. The van der Waals surface area contributed by atoms with Gasteiger partial charge in [-0.15, -0.1) is 0 Å². The molecular formula is C21H22N2O5Si. The first-order valence-electron chi connectivity index (χ1n) is 9.51. The van der Waals surface area contributed by atoms with Crippen molar-refractivity contribution in [1.82, 2.24) is 4.98 Å². The van der Waals surface area contributed by atoms with Crippen molar-refractivity contribution < 1.29 is 18.8 Å². The minimum atomic E-state index is -1.85. The zero-order valence-electron chi connectivity index (χ0n) is 17.0. The number of hydrogen-bond donors (Lipinski definition) is 0. The number of methoxy groups -OCH3 is 2. The van der Waals surface area contributed by atoms with Gasteiger partial charge in [0.05, 0.1) is 25.9 Å². The van der Waals surface area contributed by atoms with Crippen LogP contribution in [0.2, 0.25) is 19.6 Å². The second-order valence-electron chi connectivity index (χ2n) is 8.73. The number of hydrogen-bond acceptors (Lipinski definition) is 6. The van der Waals surface area contributed by atoms with Crippen LogP contribution in [0.25, 0.3) is 10.8 Å². The van der Waals surface area contributed by atoms with E-state index in [1.165, 1.54) is 0 Å². The molecule has 8 heteroatoms. The van der Waals surface area contributed by atoms with Gasteiger partial charge in [-0.2, -0.15) is 0 Å². The van der Waals surface area contributed by atoms with Gasteiger partial charge in [0.15, 0.2) is 11.5 Å². The lowest BCUT2D eigenvalue weighted by molar-refractivity contribution is -0.553. The van der Waals surface area contributed by atoms with Crippen molar-refractivity contribution in [2.75, 3.05) is 14.2 Å². The molecule has 1 heterocycles. The van der Waals surface area contributed by atoms with Gasteiger partial charge in [-0.1, -0.05) is 6.08 Å². The summed E-state index contributed by atoms with van der Waals surface area (Å²) < 4.78 is 17.4. The van der Waals surface area contributed by atoms with Crippen LogP contribution < -0.4 is 9.47 Å². The molecule has 1 aromatic carbocycles. The predicted octanol–water partition coefficient (Wildman–Crippen LogP) is 3.91. The molecule has 3 atom stereocenters. The molecule has 5 rings (SSSR count). The topological polar surface area (TPSA) is 83.7 Å². The summed E-state index contributed by atoms with van der Waals surface area (Å²) in [6.45, 7) is 6.28. The summed E-state index contributed by atoms with van der Waals surface area (Å²) in [6, 6.07) is 3.71. The van der Waals surface area contributed by atoms with E-state index in [4.69, 9.17) is 13.9 Å². The van der Waals surface area contributed by atoms with Gasteiger partial charge in [-0.25, -0.2) is 0 Å². The summed E-state index contributed by atoms with van der Waals surface area (Å²) >= 11 is 0. The minimum Gasteiger partial charge on any atom is -0.545 e. The second kappa shape index (κ2) is 5.38. The molecule has 0 amide bonds. The molecule has 0 radical (unpaired) electrons. The van der Waals surface area contributed by atoms with Crippen LogP contribution >= 0.6 is 0 Å². The molecule has 0 aliphatic heterocycles. The number of nitro groups is 1. The first-order valence-corrected chi connectivity index (χ1v) is 12.9. The van der Waals surface area contributed by atoms with E-state index in [2.05, 4.69) is 24.6 Å². The Labute approximate surface area is 169 Å². The van der Waals surface area contributed by atoms with Gasteiger partial charge in [0.2, 0.25) is 8.32 Å². The van der Waals surface area contributed by atoms with Crippen LogP contribution in [0.5, 0.6) is 11.5 Å². The largest absolute Gasteiger partial charge is 0.545 e. The lowest BCUT2D eigenvalue weighted by atomic mass is 9.87. The average molecular weight is 411 g/mol. The fourth-order valence-corrected chi connectivity index (χ4v) is 6.16. The van der Waals surface area contributed by atoms with Gasteiger partial charge in [0.25, 0.3) is 5.54 Å². The van der Waals surface area contributed by atoms with Crippen LogP contribution in [0.15, 0.2) is 42.3 Å². The molecule has 150 valence electrons. The van der Waals surface area contributed by atoms with Gasteiger partial charge in [-0.05, 0) is 49.3 Å². The average Bonchev–Trinajstić information content (AvgIpc) is 3.19. The van der Waals surface area contributed by atoms with E-state index < -0.39 is 19.3 Å². The Kier molecular flexibility index (Phi) is 3.37. The first-order chi connectivity index (χ1) is 13.7. The fourth-order valence-electron chi connectivity index (χ4n) is 5.31. The van der Waals surface area contributed by atoms with Crippen molar-refractivity contribution in [3.05, 3.63) is 63.7 Å². The van der Waals surface area contributed by atoms with E-state index in [1.807, 2.05) is 30.4 Å². The fraction of sp³-hybridized carbons (Fsp3) is 0.381. The van der Waals surface area contributed by atoms with Crippen molar-refractivity contribution in [2.45, 2.75) is 30.6 Å². The van der Waals surface area contributed by atoms with Crippen LogP contribution in [0.4, 0.5) is 0 Å². The van der Waals surface area contributed by atoms with Crippen LogP contribution in [0.3, 0.4) is 0 Å². The molecule has 0 N–H and O–H groups in total. The molecule has 1 aromatic heterocycles. The van der Waals surface area contributed by atoms with Crippen molar-refractivity contribution in [3.63, 3.8) is 0 Å². The SMILES string of the molecule is COc1cc2ccnc3c2c(c1OC)C12C=CC(O[Si](C)(C)C)=CC1C32[N+](=O)[O-]. The maximum absolute atomic E-state index is 12.6. The van der Waals surface area contributed by atoms with Crippen LogP contribution in [-0.4, -0.2) is 32.4 Å².